The number of aryl methyl sites for hydroxylation is 1. The molecule has 10 heteroatoms. The summed E-state index contributed by atoms with van der Waals surface area (Å²) in [5, 5.41) is 7.37. The van der Waals surface area contributed by atoms with Gasteiger partial charge in [-0.25, -0.2) is 9.67 Å². The number of nitrogens with zero attached hydrogens (tertiary/aromatic N) is 3. The fraction of sp³-hybridized carbons (Fsp3) is 0.316. The SMILES string of the molecule is Cc1nn(CC(=O)Nc2cc(Cl)cc(Cl)c2)c2nc(C3CC3)cc(C(F)(F)F)c12. The van der Waals surface area contributed by atoms with Gasteiger partial charge in [0.15, 0.2) is 5.65 Å². The van der Waals surface area contributed by atoms with Crippen LogP contribution in [0.5, 0.6) is 0 Å². The van der Waals surface area contributed by atoms with E-state index >= 15 is 0 Å². The highest BCUT2D eigenvalue weighted by molar-refractivity contribution is 6.35. The Hall–Kier alpha value is -2.32. The monoisotopic (exact) mass is 442 g/mol. The van der Waals surface area contributed by atoms with Gasteiger partial charge in [0.05, 0.1) is 16.6 Å². The first-order chi connectivity index (χ1) is 13.6. The van der Waals surface area contributed by atoms with Crippen molar-refractivity contribution in [2.75, 3.05) is 5.32 Å². The van der Waals surface area contributed by atoms with Crippen molar-refractivity contribution in [3.63, 3.8) is 0 Å². The maximum absolute atomic E-state index is 13.6. The molecule has 0 spiro atoms. The lowest BCUT2D eigenvalue weighted by Crippen LogP contribution is -2.20. The number of hydrogen-bond acceptors (Lipinski definition) is 3. The lowest BCUT2D eigenvalue weighted by Gasteiger charge is -2.11. The summed E-state index contributed by atoms with van der Waals surface area (Å²) in [5.41, 5.74) is 0.214. The first-order valence-corrected chi connectivity index (χ1v) is 9.58. The Labute approximate surface area is 173 Å². The molecule has 0 radical (unpaired) electrons. The first kappa shape index (κ1) is 20.0. The van der Waals surface area contributed by atoms with E-state index in [1.54, 1.807) is 0 Å². The number of aromatic nitrogens is 3. The van der Waals surface area contributed by atoms with E-state index in [-0.39, 0.29) is 29.2 Å². The van der Waals surface area contributed by atoms with Gasteiger partial charge in [-0.15, -0.1) is 0 Å². The van der Waals surface area contributed by atoms with Crippen LogP contribution in [0.1, 0.15) is 35.7 Å². The van der Waals surface area contributed by atoms with E-state index in [1.165, 1.54) is 29.8 Å². The molecule has 0 aliphatic heterocycles. The smallest absolute Gasteiger partial charge is 0.324 e. The normalized spacial score (nSPS) is 14.4. The maximum atomic E-state index is 13.6. The van der Waals surface area contributed by atoms with Gasteiger partial charge in [-0.3, -0.25) is 4.79 Å². The second-order valence-corrected chi connectivity index (χ2v) is 7.89. The van der Waals surface area contributed by atoms with Crippen molar-refractivity contribution in [3.8, 4) is 0 Å². The highest BCUT2D eigenvalue weighted by atomic mass is 35.5. The van der Waals surface area contributed by atoms with Gasteiger partial charge in [0.1, 0.15) is 6.54 Å². The first-order valence-electron chi connectivity index (χ1n) is 8.83. The molecule has 0 atom stereocenters. The van der Waals surface area contributed by atoms with Gasteiger partial charge >= 0.3 is 6.18 Å². The predicted octanol–water partition coefficient (Wildman–Crippen LogP) is 5.58. The minimum Gasteiger partial charge on any atom is -0.324 e. The number of halogens is 5. The van der Waals surface area contributed by atoms with Gasteiger partial charge in [0.2, 0.25) is 5.91 Å². The molecular formula is C19H15Cl2F3N4O. The number of carbonyl (C=O) groups is 1. The summed E-state index contributed by atoms with van der Waals surface area (Å²) < 4.78 is 42.1. The summed E-state index contributed by atoms with van der Waals surface area (Å²) >= 11 is 11.8. The van der Waals surface area contributed by atoms with Crippen molar-refractivity contribution in [3.05, 3.63) is 51.3 Å². The molecule has 29 heavy (non-hydrogen) atoms. The van der Waals surface area contributed by atoms with Gasteiger partial charge < -0.3 is 5.32 Å². The van der Waals surface area contributed by atoms with Crippen molar-refractivity contribution in [2.24, 2.45) is 0 Å². The van der Waals surface area contributed by atoms with Crippen molar-refractivity contribution < 1.29 is 18.0 Å². The Morgan fingerprint density at radius 1 is 1.21 bits per heavy atom. The summed E-state index contributed by atoms with van der Waals surface area (Å²) in [6, 6.07) is 5.66. The van der Waals surface area contributed by atoms with Crippen molar-refractivity contribution in [1.29, 1.82) is 0 Å². The van der Waals surface area contributed by atoms with Crippen LogP contribution >= 0.6 is 23.2 Å². The third-order valence-corrected chi connectivity index (χ3v) is 5.07. The summed E-state index contributed by atoms with van der Waals surface area (Å²) in [7, 11) is 0. The van der Waals surface area contributed by atoms with Crippen molar-refractivity contribution in [2.45, 2.75) is 38.4 Å². The van der Waals surface area contributed by atoms with E-state index in [1.807, 2.05) is 0 Å². The Morgan fingerprint density at radius 3 is 2.45 bits per heavy atom. The molecule has 2 aromatic heterocycles. The minimum atomic E-state index is -4.54. The summed E-state index contributed by atoms with van der Waals surface area (Å²) in [4.78, 5) is 16.9. The van der Waals surface area contributed by atoms with E-state index in [9.17, 15) is 18.0 Å². The predicted molar refractivity (Wildman–Crippen MR) is 104 cm³/mol. The van der Waals surface area contributed by atoms with Gasteiger partial charge in [-0.2, -0.15) is 18.3 Å². The lowest BCUT2D eigenvalue weighted by atomic mass is 10.1. The van der Waals surface area contributed by atoms with Crippen LogP contribution in [-0.4, -0.2) is 20.7 Å². The Balaban J connectivity index is 1.70. The molecule has 0 bridgehead atoms. The van der Waals surface area contributed by atoms with Crippen molar-refractivity contribution >= 4 is 45.8 Å². The van der Waals surface area contributed by atoms with Gasteiger partial charge in [-0.1, -0.05) is 23.2 Å². The molecule has 0 saturated heterocycles. The largest absolute Gasteiger partial charge is 0.417 e. The highest BCUT2D eigenvalue weighted by Crippen LogP contribution is 2.43. The molecule has 1 saturated carbocycles. The fourth-order valence-corrected chi connectivity index (χ4v) is 3.78. The third-order valence-electron chi connectivity index (χ3n) is 4.64. The Morgan fingerprint density at radius 2 is 1.86 bits per heavy atom. The summed E-state index contributed by atoms with van der Waals surface area (Å²) in [6.45, 7) is 1.17. The lowest BCUT2D eigenvalue weighted by molar-refractivity contribution is -0.136. The zero-order chi connectivity index (χ0) is 20.9. The molecule has 0 unspecified atom stereocenters. The quantitative estimate of drug-likeness (QED) is 0.573. The van der Waals surface area contributed by atoms with Gasteiger partial charge in [-0.05, 0) is 44.0 Å². The van der Waals surface area contributed by atoms with E-state index in [0.29, 0.717) is 21.4 Å². The number of benzene rings is 1. The van der Waals surface area contributed by atoms with E-state index in [2.05, 4.69) is 15.4 Å². The topological polar surface area (TPSA) is 59.8 Å². The number of hydrogen-bond donors (Lipinski definition) is 1. The Kier molecular flexibility index (Phi) is 4.94. The Bertz CT molecular complexity index is 1100. The summed E-state index contributed by atoms with van der Waals surface area (Å²) in [5.74, 6) is -0.466. The zero-order valence-electron chi connectivity index (χ0n) is 15.1. The standard InChI is InChI=1S/C19H15Cl2F3N4O/c1-9-17-14(19(22,23)24)7-15(10-2-3-10)26-18(17)28(27-9)8-16(29)25-13-5-11(20)4-12(21)6-13/h4-7,10H,2-3,8H2,1H3,(H,25,29). The molecule has 1 aromatic carbocycles. The number of amides is 1. The second-order valence-electron chi connectivity index (χ2n) is 7.01. The molecule has 1 N–H and O–H groups in total. The van der Waals surface area contributed by atoms with Crippen LogP contribution in [0, 0.1) is 6.92 Å². The van der Waals surface area contributed by atoms with Crippen LogP contribution < -0.4 is 5.32 Å². The van der Waals surface area contributed by atoms with Crippen LogP contribution in [-0.2, 0) is 17.5 Å². The molecular weight excluding hydrogens is 428 g/mol. The molecule has 4 rings (SSSR count). The number of fused-ring (bicyclic) bond motifs is 1. The third kappa shape index (κ3) is 4.18. The number of rotatable bonds is 4. The molecule has 1 amide bonds. The average molecular weight is 443 g/mol. The summed E-state index contributed by atoms with van der Waals surface area (Å²) in [6.07, 6.45) is -2.93. The second kappa shape index (κ2) is 7.18. The minimum absolute atomic E-state index is 0.0200. The molecule has 3 aromatic rings. The zero-order valence-corrected chi connectivity index (χ0v) is 16.7. The maximum Gasteiger partial charge on any atom is 0.417 e. The van der Waals surface area contributed by atoms with Crippen molar-refractivity contribution in [1.82, 2.24) is 14.8 Å². The van der Waals surface area contributed by atoms with E-state index in [4.69, 9.17) is 23.2 Å². The molecule has 1 aliphatic carbocycles. The van der Waals surface area contributed by atoms with E-state index in [0.717, 1.165) is 18.9 Å². The number of carbonyl (C=O) groups excluding carboxylic acids is 1. The number of pyridine rings is 1. The molecule has 5 nitrogen and oxygen atoms in total. The van der Waals surface area contributed by atoms with E-state index < -0.39 is 17.6 Å². The van der Waals surface area contributed by atoms with Gasteiger partial charge in [0.25, 0.3) is 0 Å². The van der Waals surface area contributed by atoms with Crippen LogP contribution in [0.15, 0.2) is 24.3 Å². The average Bonchev–Trinajstić information content (AvgIpc) is 3.39. The molecule has 2 heterocycles. The van der Waals surface area contributed by atoms with Crippen LogP contribution in [0.2, 0.25) is 10.0 Å². The molecule has 152 valence electrons. The number of alkyl halides is 3. The van der Waals surface area contributed by atoms with Crippen LogP contribution in [0.25, 0.3) is 11.0 Å². The highest BCUT2D eigenvalue weighted by Gasteiger charge is 2.37. The fourth-order valence-electron chi connectivity index (χ4n) is 3.26. The molecule has 1 aliphatic rings. The number of nitrogens with one attached hydrogen (secondary N) is 1. The number of anilines is 1. The van der Waals surface area contributed by atoms with Crippen LogP contribution in [0.4, 0.5) is 18.9 Å². The molecule has 1 fully saturated rings. The van der Waals surface area contributed by atoms with Crippen LogP contribution in [0.3, 0.4) is 0 Å². The van der Waals surface area contributed by atoms with Gasteiger partial charge in [0, 0.05) is 27.3 Å².